The number of carbonyl (C=O) groups is 1. The van der Waals surface area contributed by atoms with Crippen molar-refractivity contribution < 1.29 is 14.3 Å². The number of rotatable bonds is 5. The second-order valence-electron chi connectivity index (χ2n) is 6.34. The van der Waals surface area contributed by atoms with E-state index in [1.54, 1.807) is 11.3 Å². The molecule has 1 fully saturated rings. The number of amides is 1. The topological polar surface area (TPSA) is 50.8 Å². The summed E-state index contributed by atoms with van der Waals surface area (Å²) in [5, 5.41) is 5.19. The second-order valence-corrected chi connectivity index (χ2v) is 7.32. The molecule has 0 saturated carbocycles. The van der Waals surface area contributed by atoms with Crippen LogP contribution < -0.4 is 10.1 Å². The molecule has 0 aliphatic carbocycles. The van der Waals surface area contributed by atoms with Crippen LogP contribution in [0.1, 0.15) is 16.5 Å². The minimum absolute atomic E-state index is 0.0361. The van der Waals surface area contributed by atoms with Crippen LogP contribution in [0, 0.1) is 0 Å². The molecule has 2 unspecified atom stereocenters. The van der Waals surface area contributed by atoms with E-state index in [0.717, 1.165) is 37.6 Å². The molecule has 1 saturated heterocycles. The summed E-state index contributed by atoms with van der Waals surface area (Å²) < 4.78 is 11.3. The highest BCUT2D eigenvalue weighted by Crippen LogP contribution is 2.29. The summed E-state index contributed by atoms with van der Waals surface area (Å²) in [5.74, 6) is 0.789. The van der Waals surface area contributed by atoms with E-state index in [0.29, 0.717) is 13.0 Å². The van der Waals surface area contributed by atoms with Crippen LogP contribution in [0.25, 0.3) is 0 Å². The Bertz CT molecular complexity index is 688. The van der Waals surface area contributed by atoms with Gasteiger partial charge in [0.25, 0.3) is 5.91 Å². The lowest BCUT2D eigenvalue weighted by Gasteiger charge is -2.34. The van der Waals surface area contributed by atoms with E-state index in [1.807, 2.05) is 24.3 Å². The molecule has 0 bridgehead atoms. The Kier molecular flexibility index (Phi) is 5.01. The molecule has 2 aliphatic rings. The highest BCUT2D eigenvalue weighted by Gasteiger charge is 2.30. The van der Waals surface area contributed by atoms with Gasteiger partial charge in [0.05, 0.1) is 19.3 Å². The van der Waals surface area contributed by atoms with E-state index in [2.05, 4.69) is 27.7 Å². The van der Waals surface area contributed by atoms with Crippen molar-refractivity contribution in [3.63, 3.8) is 0 Å². The molecule has 0 radical (unpaired) electrons. The fourth-order valence-corrected chi connectivity index (χ4v) is 4.28. The standard InChI is InChI=1S/C19H22N2O3S/c22-19(17-12-14-4-1-2-5-16(14)24-17)20-13-15(18-6-3-11-25-18)21-7-9-23-10-8-21/h1-6,11,15,17H,7-10,12-13H2,(H,20,22). The van der Waals surface area contributed by atoms with E-state index in [9.17, 15) is 4.79 Å². The van der Waals surface area contributed by atoms with Gasteiger partial charge in [0.2, 0.25) is 0 Å². The van der Waals surface area contributed by atoms with Gasteiger partial charge in [-0.3, -0.25) is 9.69 Å². The van der Waals surface area contributed by atoms with Crippen molar-refractivity contribution in [1.82, 2.24) is 10.2 Å². The zero-order valence-corrected chi connectivity index (χ0v) is 14.8. The number of nitrogens with zero attached hydrogens (tertiary/aromatic N) is 1. The van der Waals surface area contributed by atoms with Crippen LogP contribution in [-0.2, 0) is 16.0 Å². The first-order chi connectivity index (χ1) is 12.3. The Morgan fingerprint density at radius 3 is 2.84 bits per heavy atom. The van der Waals surface area contributed by atoms with Crippen molar-refractivity contribution in [2.45, 2.75) is 18.6 Å². The molecule has 4 rings (SSSR count). The van der Waals surface area contributed by atoms with Crippen molar-refractivity contribution in [1.29, 1.82) is 0 Å². The van der Waals surface area contributed by atoms with Crippen molar-refractivity contribution in [2.24, 2.45) is 0 Å². The first-order valence-corrected chi connectivity index (χ1v) is 9.57. The van der Waals surface area contributed by atoms with Crippen molar-refractivity contribution in [3.8, 4) is 5.75 Å². The quantitative estimate of drug-likeness (QED) is 0.891. The van der Waals surface area contributed by atoms with Gasteiger partial charge in [-0.15, -0.1) is 11.3 Å². The number of morpholine rings is 1. The fourth-order valence-electron chi connectivity index (χ4n) is 3.42. The largest absolute Gasteiger partial charge is 0.480 e. The molecule has 2 aliphatic heterocycles. The number of hydrogen-bond acceptors (Lipinski definition) is 5. The van der Waals surface area contributed by atoms with Gasteiger partial charge in [0.15, 0.2) is 6.10 Å². The van der Waals surface area contributed by atoms with Gasteiger partial charge in [-0.05, 0) is 23.1 Å². The van der Waals surface area contributed by atoms with Gasteiger partial charge in [-0.2, -0.15) is 0 Å². The molecule has 5 nitrogen and oxygen atoms in total. The number of para-hydroxylation sites is 1. The number of benzene rings is 1. The molecule has 2 aromatic rings. The van der Waals surface area contributed by atoms with Gasteiger partial charge in [-0.25, -0.2) is 0 Å². The Morgan fingerprint density at radius 2 is 2.08 bits per heavy atom. The summed E-state index contributed by atoms with van der Waals surface area (Å²) in [6.45, 7) is 3.87. The molecule has 1 N–H and O–H groups in total. The molecule has 1 amide bonds. The third-order valence-electron chi connectivity index (χ3n) is 4.77. The smallest absolute Gasteiger partial charge is 0.261 e. The van der Waals surface area contributed by atoms with Gasteiger partial charge < -0.3 is 14.8 Å². The lowest BCUT2D eigenvalue weighted by Crippen LogP contribution is -2.46. The van der Waals surface area contributed by atoms with Crippen molar-refractivity contribution in [3.05, 3.63) is 52.2 Å². The van der Waals surface area contributed by atoms with Gasteiger partial charge >= 0.3 is 0 Å². The number of fused-ring (bicyclic) bond motifs is 1. The maximum absolute atomic E-state index is 12.6. The lowest BCUT2D eigenvalue weighted by molar-refractivity contribution is -0.127. The monoisotopic (exact) mass is 358 g/mol. The van der Waals surface area contributed by atoms with Crippen LogP contribution in [0.15, 0.2) is 41.8 Å². The molecule has 132 valence electrons. The maximum Gasteiger partial charge on any atom is 0.261 e. The summed E-state index contributed by atoms with van der Waals surface area (Å²) in [6.07, 6.45) is 0.217. The van der Waals surface area contributed by atoms with E-state index in [4.69, 9.17) is 9.47 Å². The number of ether oxygens (including phenoxy) is 2. The zero-order valence-electron chi connectivity index (χ0n) is 14.0. The summed E-state index contributed by atoms with van der Waals surface area (Å²) >= 11 is 1.73. The van der Waals surface area contributed by atoms with Crippen LogP contribution in [0.5, 0.6) is 5.75 Å². The zero-order chi connectivity index (χ0) is 17.1. The number of thiophene rings is 1. The minimum Gasteiger partial charge on any atom is -0.480 e. The van der Waals surface area contributed by atoms with E-state index in [-0.39, 0.29) is 11.9 Å². The number of carbonyl (C=O) groups excluding carboxylic acids is 1. The van der Waals surface area contributed by atoms with Crippen LogP contribution in [0.3, 0.4) is 0 Å². The van der Waals surface area contributed by atoms with Crippen LogP contribution in [0.2, 0.25) is 0 Å². The summed E-state index contributed by atoms with van der Waals surface area (Å²) in [6, 6.07) is 12.2. The average Bonchev–Trinajstić information content (AvgIpc) is 3.32. The molecular formula is C19H22N2O3S. The van der Waals surface area contributed by atoms with Gasteiger partial charge in [0, 0.05) is 30.9 Å². The third kappa shape index (κ3) is 3.71. The predicted molar refractivity (Wildman–Crippen MR) is 97.0 cm³/mol. The fraction of sp³-hybridized carbons (Fsp3) is 0.421. The third-order valence-corrected chi connectivity index (χ3v) is 5.74. The Morgan fingerprint density at radius 1 is 1.24 bits per heavy atom. The van der Waals surface area contributed by atoms with E-state index in [1.165, 1.54) is 4.88 Å². The molecule has 2 atom stereocenters. The van der Waals surface area contributed by atoms with Gasteiger partial charge in [-0.1, -0.05) is 24.3 Å². The summed E-state index contributed by atoms with van der Waals surface area (Å²) in [5.41, 5.74) is 1.10. The Hall–Kier alpha value is -1.89. The van der Waals surface area contributed by atoms with Gasteiger partial charge in [0.1, 0.15) is 5.75 Å². The Balaban J connectivity index is 1.39. The molecule has 1 aromatic heterocycles. The predicted octanol–water partition coefficient (Wildman–Crippen LogP) is 2.24. The van der Waals surface area contributed by atoms with Crippen LogP contribution in [-0.4, -0.2) is 49.8 Å². The molecular weight excluding hydrogens is 336 g/mol. The molecule has 3 heterocycles. The SMILES string of the molecule is O=C(NCC(c1cccs1)N1CCOCC1)C1Cc2ccccc2O1. The normalized spacial score (nSPS) is 21.4. The average molecular weight is 358 g/mol. The van der Waals surface area contributed by atoms with Crippen LogP contribution in [0.4, 0.5) is 0 Å². The molecule has 0 spiro atoms. The lowest BCUT2D eigenvalue weighted by atomic mass is 10.1. The minimum atomic E-state index is -0.425. The van der Waals surface area contributed by atoms with Crippen LogP contribution >= 0.6 is 11.3 Å². The molecule has 25 heavy (non-hydrogen) atoms. The first kappa shape index (κ1) is 16.6. The van der Waals surface area contributed by atoms with E-state index >= 15 is 0 Å². The molecule has 6 heteroatoms. The highest BCUT2D eigenvalue weighted by atomic mass is 32.1. The maximum atomic E-state index is 12.6. The number of nitrogens with one attached hydrogen (secondary N) is 1. The highest BCUT2D eigenvalue weighted by molar-refractivity contribution is 7.10. The second kappa shape index (κ2) is 7.56. The number of hydrogen-bond donors (Lipinski definition) is 1. The first-order valence-electron chi connectivity index (χ1n) is 8.69. The van der Waals surface area contributed by atoms with Crippen molar-refractivity contribution in [2.75, 3.05) is 32.8 Å². The van der Waals surface area contributed by atoms with E-state index < -0.39 is 6.10 Å². The Labute approximate surface area is 151 Å². The molecule has 1 aromatic carbocycles. The van der Waals surface area contributed by atoms with Crippen molar-refractivity contribution >= 4 is 17.2 Å². The summed E-state index contributed by atoms with van der Waals surface area (Å²) in [4.78, 5) is 16.3. The summed E-state index contributed by atoms with van der Waals surface area (Å²) in [7, 11) is 0.